The molecule has 0 unspecified atom stereocenters. The Kier molecular flexibility index (Phi) is 8.31. The first-order valence-electron chi connectivity index (χ1n) is 11.8. The van der Waals surface area contributed by atoms with Gasteiger partial charge in [-0.1, -0.05) is 11.6 Å². The fraction of sp³-hybridized carbons (Fsp3) is 0.440. The minimum absolute atomic E-state index is 0.0335. The molecule has 2 aromatic rings. The van der Waals surface area contributed by atoms with Crippen LogP contribution >= 0.6 is 11.6 Å². The van der Waals surface area contributed by atoms with Gasteiger partial charge in [0.1, 0.15) is 18.4 Å². The van der Waals surface area contributed by atoms with Gasteiger partial charge in [-0.3, -0.25) is 15.2 Å². The molecule has 35 heavy (non-hydrogen) atoms. The number of benzene rings is 2. The van der Waals surface area contributed by atoms with Crippen LogP contribution in [-0.4, -0.2) is 66.2 Å². The molecule has 9 nitrogen and oxygen atoms in total. The van der Waals surface area contributed by atoms with E-state index < -0.39 is 0 Å². The van der Waals surface area contributed by atoms with Gasteiger partial charge in [0.2, 0.25) is 5.91 Å². The maximum atomic E-state index is 12.7. The molecule has 0 aromatic heterocycles. The van der Waals surface area contributed by atoms with E-state index in [2.05, 4.69) is 10.2 Å². The lowest BCUT2D eigenvalue weighted by atomic mass is 9.92. The summed E-state index contributed by atoms with van der Waals surface area (Å²) in [6, 6.07) is 14.8. The van der Waals surface area contributed by atoms with E-state index in [1.54, 1.807) is 12.1 Å². The highest BCUT2D eigenvalue weighted by molar-refractivity contribution is 6.30. The molecule has 3 N–H and O–H groups in total. The number of amides is 1. The number of carbonyl (C=O) groups is 1. The Balaban J connectivity index is 1.17. The van der Waals surface area contributed by atoms with Gasteiger partial charge < -0.3 is 19.9 Å². The SMILES string of the molecule is N#Cc1cc(NC2CCC(OCC(=O)N3CCN(c4ccc(Cl)cc4)CC3)CC2)ccc1N(O)O. The molecule has 2 aromatic carbocycles. The van der Waals surface area contributed by atoms with Crippen molar-refractivity contribution in [2.24, 2.45) is 0 Å². The van der Waals surface area contributed by atoms with Crippen molar-refractivity contribution in [1.82, 2.24) is 4.90 Å². The van der Waals surface area contributed by atoms with Crippen LogP contribution in [0.15, 0.2) is 42.5 Å². The van der Waals surface area contributed by atoms with Crippen molar-refractivity contribution < 1.29 is 19.9 Å². The van der Waals surface area contributed by atoms with Crippen molar-refractivity contribution in [2.45, 2.75) is 37.8 Å². The number of nitrogens with zero attached hydrogens (tertiary/aromatic N) is 4. The summed E-state index contributed by atoms with van der Waals surface area (Å²) >= 11 is 5.97. The quantitative estimate of drug-likeness (QED) is 0.492. The molecule has 0 bridgehead atoms. The minimum Gasteiger partial charge on any atom is -0.382 e. The third-order valence-corrected chi connectivity index (χ3v) is 6.90. The van der Waals surface area contributed by atoms with Gasteiger partial charge in [-0.2, -0.15) is 5.26 Å². The molecule has 1 amide bonds. The van der Waals surface area contributed by atoms with Gasteiger partial charge in [-0.25, -0.2) is 0 Å². The van der Waals surface area contributed by atoms with E-state index in [0.717, 1.165) is 50.1 Å². The van der Waals surface area contributed by atoms with Crippen LogP contribution in [0.25, 0.3) is 0 Å². The molecule has 0 radical (unpaired) electrons. The van der Waals surface area contributed by atoms with Gasteiger partial charge in [0.15, 0.2) is 0 Å². The second-order valence-corrected chi connectivity index (χ2v) is 9.34. The number of ether oxygens (including phenoxy) is 1. The monoisotopic (exact) mass is 499 g/mol. The molecule has 2 aliphatic rings. The van der Waals surface area contributed by atoms with Crippen LogP contribution < -0.4 is 15.4 Å². The van der Waals surface area contributed by atoms with Gasteiger partial charge in [-0.15, -0.1) is 5.23 Å². The lowest BCUT2D eigenvalue weighted by molar-refractivity contribution is -0.139. The zero-order valence-corrected chi connectivity index (χ0v) is 20.2. The highest BCUT2D eigenvalue weighted by atomic mass is 35.5. The van der Waals surface area contributed by atoms with E-state index in [0.29, 0.717) is 18.1 Å². The molecule has 186 valence electrons. The maximum Gasteiger partial charge on any atom is 0.248 e. The summed E-state index contributed by atoms with van der Waals surface area (Å²) in [5, 5.41) is 31.7. The number of hydrogen-bond acceptors (Lipinski definition) is 8. The second-order valence-electron chi connectivity index (χ2n) is 8.91. The first kappa shape index (κ1) is 25.1. The maximum absolute atomic E-state index is 12.7. The van der Waals surface area contributed by atoms with Gasteiger partial charge in [0.25, 0.3) is 0 Å². The van der Waals surface area contributed by atoms with Crippen LogP contribution in [0.2, 0.25) is 5.02 Å². The van der Waals surface area contributed by atoms with Crippen LogP contribution in [0.4, 0.5) is 17.1 Å². The van der Waals surface area contributed by atoms with E-state index in [1.807, 2.05) is 35.2 Å². The average Bonchev–Trinajstić information content (AvgIpc) is 2.88. The number of halogens is 1. The second kappa shape index (κ2) is 11.6. The highest BCUT2D eigenvalue weighted by Gasteiger charge is 2.25. The third kappa shape index (κ3) is 6.55. The number of hydrogen-bond donors (Lipinski definition) is 3. The summed E-state index contributed by atoms with van der Waals surface area (Å²) < 4.78 is 5.95. The van der Waals surface area contributed by atoms with Crippen LogP contribution in [0.1, 0.15) is 31.2 Å². The molecule has 4 rings (SSSR count). The Morgan fingerprint density at radius 1 is 1.09 bits per heavy atom. The van der Waals surface area contributed by atoms with Crippen molar-refractivity contribution >= 4 is 34.6 Å². The summed E-state index contributed by atoms with van der Waals surface area (Å²) in [4.78, 5) is 16.8. The van der Waals surface area contributed by atoms with Crippen molar-refractivity contribution in [3.63, 3.8) is 0 Å². The predicted octanol–water partition coefficient (Wildman–Crippen LogP) is 3.88. The Labute approximate surface area is 210 Å². The molecule has 1 saturated heterocycles. The third-order valence-electron chi connectivity index (χ3n) is 6.64. The smallest absolute Gasteiger partial charge is 0.248 e. The summed E-state index contributed by atoms with van der Waals surface area (Å²) in [5.41, 5.74) is 2.08. The summed E-state index contributed by atoms with van der Waals surface area (Å²) in [7, 11) is 0. The first-order valence-corrected chi connectivity index (χ1v) is 12.2. The van der Waals surface area contributed by atoms with E-state index in [9.17, 15) is 20.5 Å². The standard InChI is InChI=1S/C25H30ClN5O4/c26-19-1-6-22(7-2-19)29-11-13-30(14-12-29)25(32)17-35-23-8-3-20(4-9-23)28-21-5-10-24(31(33)34)18(15-21)16-27/h1-2,5-7,10,15,20,23,28,33-34H,3-4,8-9,11-14,17H2. The molecular formula is C25H30ClN5O4. The van der Waals surface area contributed by atoms with Gasteiger partial charge in [0, 0.05) is 48.6 Å². The summed E-state index contributed by atoms with van der Waals surface area (Å²) in [6.45, 7) is 3.03. The first-order chi connectivity index (χ1) is 16.9. The lowest BCUT2D eigenvalue weighted by Crippen LogP contribution is -2.50. The average molecular weight is 500 g/mol. The van der Waals surface area contributed by atoms with E-state index >= 15 is 0 Å². The molecule has 2 fully saturated rings. The normalized spacial score (nSPS) is 20.3. The zero-order valence-electron chi connectivity index (χ0n) is 19.4. The summed E-state index contributed by atoms with van der Waals surface area (Å²) in [5.74, 6) is 0.0342. The Hall–Kier alpha value is -3.03. The molecule has 1 aliphatic heterocycles. The highest BCUT2D eigenvalue weighted by Crippen LogP contribution is 2.27. The number of carbonyl (C=O) groups excluding carboxylic acids is 1. The molecule has 10 heteroatoms. The van der Waals surface area contributed by atoms with Gasteiger partial charge in [0.05, 0.1) is 11.7 Å². The Bertz CT molecular complexity index is 1040. The number of nitriles is 1. The van der Waals surface area contributed by atoms with Gasteiger partial charge in [-0.05, 0) is 68.1 Å². The largest absolute Gasteiger partial charge is 0.382 e. The number of nitrogens with one attached hydrogen (secondary N) is 1. The zero-order chi connectivity index (χ0) is 24.8. The Morgan fingerprint density at radius 2 is 1.77 bits per heavy atom. The van der Waals surface area contributed by atoms with Crippen molar-refractivity contribution in [3.8, 4) is 6.07 Å². The summed E-state index contributed by atoms with van der Waals surface area (Å²) in [6.07, 6.45) is 3.52. The van der Waals surface area contributed by atoms with E-state index in [1.165, 1.54) is 6.07 Å². The molecule has 0 spiro atoms. The van der Waals surface area contributed by atoms with Gasteiger partial charge >= 0.3 is 0 Å². The number of piperazine rings is 1. The molecule has 1 aliphatic carbocycles. The van der Waals surface area contributed by atoms with E-state index in [4.69, 9.17) is 16.3 Å². The fourth-order valence-electron chi connectivity index (χ4n) is 4.65. The predicted molar refractivity (Wildman–Crippen MR) is 133 cm³/mol. The minimum atomic E-state index is -0.0499. The topological polar surface area (TPSA) is 112 Å². The van der Waals surface area contributed by atoms with Crippen LogP contribution in [-0.2, 0) is 9.53 Å². The lowest BCUT2D eigenvalue weighted by Gasteiger charge is -2.36. The van der Waals surface area contributed by atoms with Crippen molar-refractivity contribution in [2.75, 3.05) is 48.2 Å². The van der Waals surface area contributed by atoms with Crippen LogP contribution in [0.5, 0.6) is 0 Å². The van der Waals surface area contributed by atoms with Crippen molar-refractivity contribution in [1.29, 1.82) is 5.26 Å². The molecule has 0 atom stereocenters. The van der Waals surface area contributed by atoms with Crippen LogP contribution in [0.3, 0.4) is 0 Å². The molecule has 1 heterocycles. The fourth-order valence-corrected chi connectivity index (χ4v) is 4.77. The Morgan fingerprint density at radius 3 is 2.40 bits per heavy atom. The van der Waals surface area contributed by atoms with Crippen molar-refractivity contribution in [3.05, 3.63) is 53.1 Å². The number of anilines is 3. The van der Waals surface area contributed by atoms with Crippen LogP contribution in [0, 0.1) is 11.3 Å². The number of rotatable bonds is 7. The molecule has 1 saturated carbocycles. The molecular weight excluding hydrogens is 470 g/mol. The van der Waals surface area contributed by atoms with E-state index in [-0.39, 0.29) is 41.1 Å².